The van der Waals surface area contributed by atoms with E-state index in [0.717, 1.165) is 36.6 Å². The van der Waals surface area contributed by atoms with Gasteiger partial charge in [0.05, 0.1) is 12.7 Å². The van der Waals surface area contributed by atoms with E-state index in [4.69, 9.17) is 4.74 Å². The van der Waals surface area contributed by atoms with Gasteiger partial charge in [-0.05, 0) is 36.2 Å². The first-order valence-corrected chi connectivity index (χ1v) is 11.1. The van der Waals surface area contributed by atoms with Gasteiger partial charge in [0.2, 0.25) is 5.91 Å². The number of amides is 1. The zero-order valence-corrected chi connectivity index (χ0v) is 18.7. The zero-order chi connectivity index (χ0) is 23.0. The highest BCUT2D eigenvalue weighted by molar-refractivity contribution is 5.95. The zero-order valence-electron chi connectivity index (χ0n) is 18.7. The molecular weight excluding hydrogens is 416 g/mol. The topological polar surface area (TPSA) is 74.8 Å². The second-order valence-corrected chi connectivity index (χ2v) is 7.94. The minimum Gasteiger partial charge on any atom is -0.465 e. The third-order valence-corrected chi connectivity index (χ3v) is 5.79. The Kier molecular flexibility index (Phi) is 7.32. The van der Waals surface area contributed by atoms with Crippen molar-refractivity contribution in [1.29, 1.82) is 0 Å². The molecule has 1 fully saturated rings. The average molecular weight is 445 g/mol. The monoisotopic (exact) mass is 444 g/mol. The first-order valence-electron chi connectivity index (χ1n) is 11.1. The molecule has 7 heteroatoms. The van der Waals surface area contributed by atoms with Gasteiger partial charge < -0.3 is 15.0 Å². The lowest BCUT2D eigenvalue weighted by Crippen LogP contribution is -2.39. The molecule has 33 heavy (non-hydrogen) atoms. The Balaban J connectivity index is 1.53. The number of methoxy groups -OCH3 is 1. The van der Waals surface area contributed by atoms with Gasteiger partial charge in [-0.3, -0.25) is 9.69 Å². The van der Waals surface area contributed by atoms with Gasteiger partial charge in [-0.15, -0.1) is 0 Å². The molecule has 1 saturated heterocycles. The number of anilines is 2. The summed E-state index contributed by atoms with van der Waals surface area (Å²) < 4.78 is 4.84. The number of ether oxygens (including phenoxy) is 1. The van der Waals surface area contributed by atoms with Crippen LogP contribution in [-0.2, 0) is 9.53 Å². The Hall–Kier alpha value is -3.71. The lowest BCUT2D eigenvalue weighted by atomic mass is 10.0. The standard InChI is InChI=1S/C26H28N4O3/c1-33-26(32)21-13-14-27-23(19-21)29-15-8-16-30(18-17-29)24(20-9-4-2-5-10-20)25(31)28-22-11-6-3-7-12-22/h2-7,9-14,19,24H,8,15-18H2,1H3,(H,28,31). The fourth-order valence-electron chi connectivity index (χ4n) is 4.16. The minimum absolute atomic E-state index is 0.0494. The van der Waals surface area contributed by atoms with Gasteiger partial charge in [0.25, 0.3) is 0 Å². The van der Waals surface area contributed by atoms with Crippen molar-refractivity contribution < 1.29 is 14.3 Å². The van der Waals surface area contributed by atoms with Crippen molar-refractivity contribution in [2.75, 3.05) is 43.5 Å². The molecule has 1 N–H and O–H groups in total. The van der Waals surface area contributed by atoms with Gasteiger partial charge in [-0.25, -0.2) is 9.78 Å². The third-order valence-electron chi connectivity index (χ3n) is 5.79. The predicted molar refractivity (Wildman–Crippen MR) is 128 cm³/mol. The number of hydrogen-bond acceptors (Lipinski definition) is 6. The van der Waals surface area contributed by atoms with E-state index in [1.54, 1.807) is 18.3 Å². The summed E-state index contributed by atoms with van der Waals surface area (Å²) in [6, 6.07) is 22.4. The fraction of sp³-hybridized carbons (Fsp3) is 0.269. The van der Waals surface area contributed by atoms with Crippen LogP contribution >= 0.6 is 0 Å². The molecule has 0 saturated carbocycles. The summed E-state index contributed by atoms with van der Waals surface area (Å²) >= 11 is 0. The highest BCUT2D eigenvalue weighted by Gasteiger charge is 2.29. The van der Waals surface area contributed by atoms with Crippen LogP contribution in [0.15, 0.2) is 79.0 Å². The van der Waals surface area contributed by atoms with E-state index in [2.05, 4.69) is 20.1 Å². The molecule has 0 bridgehead atoms. The molecule has 2 aromatic carbocycles. The van der Waals surface area contributed by atoms with Crippen LogP contribution in [-0.4, -0.2) is 55.0 Å². The van der Waals surface area contributed by atoms with E-state index in [-0.39, 0.29) is 11.9 Å². The van der Waals surface area contributed by atoms with E-state index in [1.807, 2.05) is 60.7 Å². The Morgan fingerprint density at radius 1 is 0.939 bits per heavy atom. The molecule has 1 amide bonds. The van der Waals surface area contributed by atoms with Crippen LogP contribution in [0.2, 0.25) is 0 Å². The summed E-state index contributed by atoms with van der Waals surface area (Å²) in [6.07, 6.45) is 2.50. The van der Waals surface area contributed by atoms with E-state index in [9.17, 15) is 9.59 Å². The van der Waals surface area contributed by atoms with Gasteiger partial charge >= 0.3 is 5.97 Å². The summed E-state index contributed by atoms with van der Waals surface area (Å²) in [5.41, 5.74) is 2.22. The molecule has 2 heterocycles. The largest absolute Gasteiger partial charge is 0.465 e. The summed E-state index contributed by atoms with van der Waals surface area (Å²) in [4.78, 5) is 34.2. The lowest BCUT2D eigenvalue weighted by Gasteiger charge is -2.30. The number of esters is 1. The second kappa shape index (κ2) is 10.7. The van der Waals surface area contributed by atoms with Crippen LogP contribution < -0.4 is 10.2 Å². The molecule has 1 aliphatic heterocycles. The summed E-state index contributed by atoms with van der Waals surface area (Å²) in [6.45, 7) is 2.94. The summed E-state index contributed by atoms with van der Waals surface area (Å²) in [5.74, 6) is 0.313. The van der Waals surface area contributed by atoms with Crippen molar-refractivity contribution in [1.82, 2.24) is 9.88 Å². The fourth-order valence-corrected chi connectivity index (χ4v) is 4.16. The normalized spacial score (nSPS) is 15.4. The number of aromatic nitrogens is 1. The third kappa shape index (κ3) is 5.56. The highest BCUT2D eigenvalue weighted by atomic mass is 16.5. The number of carbonyl (C=O) groups excluding carboxylic acids is 2. The van der Waals surface area contributed by atoms with Crippen LogP contribution in [0.1, 0.15) is 28.4 Å². The van der Waals surface area contributed by atoms with E-state index in [0.29, 0.717) is 18.7 Å². The van der Waals surface area contributed by atoms with Crippen molar-refractivity contribution >= 4 is 23.4 Å². The first kappa shape index (κ1) is 22.5. The number of carbonyl (C=O) groups is 2. The number of pyridine rings is 1. The lowest BCUT2D eigenvalue weighted by molar-refractivity contribution is -0.121. The SMILES string of the molecule is COC(=O)c1ccnc(N2CCCN(C(C(=O)Nc3ccccc3)c3ccccc3)CC2)c1. The maximum Gasteiger partial charge on any atom is 0.338 e. The number of rotatable bonds is 6. The van der Waals surface area contributed by atoms with Gasteiger partial charge in [0.1, 0.15) is 11.9 Å². The van der Waals surface area contributed by atoms with Gasteiger partial charge in [0, 0.05) is 38.1 Å². The Labute approximate surface area is 194 Å². The van der Waals surface area contributed by atoms with Gasteiger partial charge in [-0.1, -0.05) is 48.5 Å². The maximum atomic E-state index is 13.4. The molecule has 1 unspecified atom stereocenters. The van der Waals surface area contributed by atoms with Crippen LogP contribution in [0.5, 0.6) is 0 Å². The quantitative estimate of drug-likeness (QED) is 0.584. The van der Waals surface area contributed by atoms with Crippen LogP contribution in [0.3, 0.4) is 0 Å². The average Bonchev–Trinajstić information content (AvgIpc) is 3.11. The Morgan fingerprint density at radius 3 is 2.39 bits per heavy atom. The number of nitrogens with one attached hydrogen (secondary N) is 1. The van der Waals surface area contributed by atoms with E-state index >= 15 is 0 Å². The molecule has 4 rings (SSSR count). The number of para-hydroxylation sites is 1. The molecule has 0 aliphatic carbocycles. The molecule has 170 valence electrons. The maximum absolute atomic E-state index is 13.4. The van der Waals surface area contributed by atoms with Crippen LogP contribution in [0, 0.1) is 0 Å². The molecule has 3 aromatic rings. The minimum atomic E-state index is -0.402. The van der Waals surface area contributed by atoms with E-state index < -0.39 is 6.04 Å². The van der Waals surface area contributed by atoms with Crippen molar-refractivity contribution in [3.8, 4) is 0 Å². The van der Waals surface area contributed by atoms with Crippen LogP contribution in [0.25, 0.3) is 0 Å². The van der Waals surface area contributed by atoms with Crippen molar-refractivity contribution in [2.24, 2.45) is 0 Å². The highest BCUT2D eigenvalue weighted by Crippen LogP contribution is 2.25. The smallest absolute Gasteiger partial charge is 0.338 e. The molecule has 0 radical (unpaired) electrons. The molecule has 7 nitrogen and oxygen atoms in total. The Bertz CT molecular complexity index is 1080. The number of benzene rings is 2. The van der Waals surface area contributed by atoms with E-state index in [1.165, 1.54) is 7.11 Å². The number of hydrogen-bond donors (Lipinski definition) is 1. The van der Waals surface area contributed by atoms with Crippen molar-refractivity contribution in [3.05, 3.63) is 90.1 Å². The Morgan fingerprint density at radius 2 is 1.67 bits per heavy atom. The van der Waals surface area contributed by atoms with Crippen LogP contribution in [0.4, 0.5) is 11.5 Å². The molecular formula is C26H28N4O3. The first-order chi connectivity index (χ1) is 16.2. The molecule has 0 spiro atoms. The molecule has 1 aromatic heterocycles. The van der Waals surface area contributed by atoms with Crippen molar-refractivity contribution in [2.45, 2.75) is 12.5 Å². The second-order valence-electron chi connectivity index (χ2n) is 7.94. The molecule has 1 aliphatic rings. The summed E-state index contributed by atoms with van der Waals surface area (Å²) in [7, 11) is 1.37. The molecule has 1 atom stereocenters. The predicted octanol–water partition coefficient (Wildman–Crippen LogP) is 3.76. The van der Waals surface area contributed by atoms with Crippen molar-refractivity contribution in [3.63, 3.8) is 0 Å². The number of nitrogens with zero attached hydrogens (tertiary/aromatic N) is 3. The van der Waals surface area contributed by atoms with Gasteiger partial charge in [0.15, 0.2) is 0 Å². The van der Waals surface area contributed by atoms with Gasteiger partial charge in [-0.2, -0.15) is 0 Å². The summed E-state index contributed by atoms with van der Waals surface area (Å²) in [5, 5.41) is 3.07.